The number of nitriles is 1. The molecule has 3 heteroatoms. The topological polar surface area (TPSA) is 53.2 Å². The zero-order valence-electron chi connectivity index (χ0n) is 13.2. The van der Waals surface area contributed by atoms with Crippen LogP contribution in [-0.4, -0.2) is 11.7 Å². The fourth-order valence-corrected chi connectivity index (χ4v) is 2.58. The molecule has 21 heavy (non-hydrogen) atoms. The van der Waals surface area contributed by atoms with E-state index in [1.807, 2.05) is 44.2 Å². The lowest BCUT2D eigenvalue weighted by Crippen LogP contribution is -2.15. The van der Waals surface area contributed by atoms with Gasteiger partial charge in [0.1, 0.15) is 5.75 Å². The van der Waals surface area contributed by atoms with E-state index in [1.165, 1.54) is 32.1 Å². The van der Waals surface area contributed by atoms with Gasteiger partial charge in [-0.3, -0.25) is 0 Å². The zero-order valence-corrected chi connectivity index (χ0v) is 13.2. The van der Waals surface area contributed by atoms with Crippen molar-refractivity contribution in [3.63, 3.8) is 0 Å². The predicted molar refractivity (Wildman–Crippen MR) is 85.0 cm³/mol. The van der Waals surface area contributed by atoms with Crippen LogP contribution in [0.25, 0.3) is 0 Å². The van der Waals surface area contributed by atoms with Gasteiger partial charge in [0.05, 0.1) is 25.2 Å². The summed E-state index contributed by atoms with van der Waals surface area (Å²) < 4.78 is 5.82. The van der Waals surface area contributed by atoms with Crippen molar-refractivity contribution in [3.05, 3.63) is 29.8 Å². The summed E-state index contributed by atoms with van der Waals surface area (Å²) >= 11 is 0. The van der Waals surface area contributed by atoms with Gasteiger partial charge in [0, 0.05) is 0 Å². The van der Waals surface area contributed by atoms with Crippen LogP contribution in [0, 0.1) is 17.2 Å². The van der Waals surface area contributed by atoms with Crippen molar-refractivity contribution < 1.29 is 9.84 Å². The highest BCUT2D eigenvalue weighted by Gasteiger charge is 2.14. The van der Waals surface area contributed by atoms with Gasteiger partial charge in [-0.25, -0.2) is 0 Å². The van der Waals surface area contributed by atoms with E-state index in [0.717, 1.165) is 17.9 Å². The average molecular weight is 289 g/mol. The van der Waals surface area contributed by atoms with Gasteiger partial charge in [-0.05, 0) is 36.5 Å². The Labute approximate surface area is 128 Å². The van der Waals surface area contributed by atoms with E-state index >= 15 is 0 Å². The Hall–Kier alpha value is -1.53. The molecule has 0 aromatic heterocycles. The summed E-state index contributed by atoms with van der Waals surface area (Å²) in [7, 11) is 0. The van der Waals surface area contributed by atoms with Gasteiger partial charge in [0.2, 0.25) is 0 Å². The lowest BCUT2D eigenvalue weighted by Gasteiger charge is -2.21. The molecule has 1 fully saturated rings. The summed E-state index contributed by atoms with van der Waals surface area (Å²) in [5.41, 5.74) is 0.752. The normalized spacial score (nSPS) is 16.3. The number of hydrogen-bond acceptors (Lipinski definition) is 3. The van der Waals surface area contributed by atoms with E-state index in [9.17, 15) is 5.11 Å². The van der Waals surface area contributed by atoms with Gasteiger partial charge in [-0.15, -0.1) is 0 Å². The second kappa shape index (κ2) is 10.2. The zero-order chi connectivity index (χ0) is 15.5. The first-order valence-corrected chi connectivity index (χ1v) is 8.07. The van der Waals surface area contributed by atoms with Crippen LogP contribution in [0.15, 0.2) is 24.3 Å². The monoisotopic (exact) mass is 289 g/mol. The molecule has 1 aliphatic rings. The lowest BCUT2D eigenvalue weighted by atomic mass is 9.90. The van der Waals surface area contributed by atoms with Crippen molar-refractivity contribution in [1.29, 1.82) is 5.26 Å². The van der Waals surface area contributed by atoms with Crippen LogP contribution >= 0.6 is 0 Å². The number of nitrogens with zero attached hydrogens (tertiary/aromatic N) is 1. The molecule has 0 amide bonds. The molecule has 0 bridgehead atoms. The van der Waals surface area contributed by atoms with Crippen LogP contribution in [0.5, 0.6) is 5.75 Å². The third kappa shape index (κ3) is 6.18. The molecular formula is C18H27NO2. The molecule has 0 saturated heterocycles. The molecule has 0 spiro atoms. The molecule has 1 aliphatic carbocycles. The van der Waals surface area contributed by atoms with Gasteiger partial charge in [-0.2, -0.15) is 5.26 Å². The number of aliphatic hydroxyl groups excluding tert-OH is 1. The number of benzene rings is 1. The van der Waals surface area contributed by atoms with Crippen LogP contribution in [0.1, 0.15) is 64.0 Å². The quantitative estimate of drug-likeness (QED) is 0.860. The highest BCUT2D eigenvalue weighted by molar-refractivity contribution is 5.30. The summed E-state index contributed by atoms with van der Waals surface area (Å²) in [6, 6.07) is 9.42. The van der Waals surface area contributed by atoms with E-state index in [0.29, 0.717) is 5.92 Å². The standard InChI is InChI=1S/C16H21NO2.C2H6/c17-10-9-16(18)14-7-4-8-15(11-14)19-12-13-5-2-1-3-6-13;1-2/h4,7-8,11,13,16,18H,1-3,5-6,9,12H2;1-2H3. The highest BCUT2D eigenvalue weighted by Crippen LogP contribution is 2.26. The maximum Gasteiger partial charge on any atom is 0.119 e. The Balaban J connectivity index is 0.00000106. The molecule has 1 saturated carbocycles. The SMILES string of the molecule is CC.N#CCC(O)c1cccc(OCC2CCCCC2)c1. The second-order valence-corrected chi connectivity index (χ2v) is 5.27. The lowest BCUT2D eigenvalue weighted by molar-refractivity contribution is 0.181. The maximum absolute atomic E-state index is 9.78. The Morgan fingerprint density at radius 3 is 2.67 bits per heavy atom. The minimum Gasteiger partial charge on any atom is -0.493 e. The Morgan fingerprint density at radius 1 is 1.29 bits per heavy atom. The predicted octanol–water partition coefficient (Wildman–Crippen LogP) is 4.62. The van der Waals surface area contributed by atoms with E-state index in [-0.39, 0.29) is 6.42 Å². The van der Waals surface area contributed by atoms with Gasteiger partial charge in [0.25, 0.3) is 0 Å². The van der Waals surface area contributed by atoms with Crippen LogP contribution in [0.4, 0.5) is 0 Å². The Morgan fingerprint density at radius 2 is 2.00 bits per heavy atom. The molecule has 1 N–H and O–H groups in total. The van der Waals surface area contributed by atoms with E-state index < -0.39 is 6.10 Å². The molecule has 0 heterocycles. The molecule has 3 nitrogen and oxygen atoms in total. The van der Waals surface area contributed by atoms with Crippen molar-refractivity contribution in [2.75, 3.05) is 6.61 Å². The van der Waals surface area contributed by atoms with Gasteiger partial charge < -0.3 is 9.84 Å². The van der Waals surface area contributed by atoms with E-state index in [4.69, 9.17) is 10.00 Å². The highest BCUT2D eigenvalue weighted by atomic mass is 16.5. The first-order chi connectivity index (χ1) is 10.3. The summed E-state index contributed by atoms with van der Waals surface area (Å²) in [6.45, 7) is 4.76. The fourth-order valence-electron chi connectivity index (χ4n) is 2.58. The second-order valence-electron chi connectivity index (χ2n) is 5.27. The van der Waals surface area contributed by atoms with Crippen LogP contribution in [0.2, 0.25) is 0 Å². The molecule has 1 atom stereocenters. The van der Waals surface area contributed by atoms with E-state index in [2.05, 4.69) is 0 Å². The van der Waals surface area contributed by atoms with Crippen molar-refractivity contribution in [3.8, 4) is 11.8 Å². The number of hydrogen-bond donors (Lipinski definition) is 1. The van der Waals surface area contributed by atoms with Crippen molar-refractivity contribution >= 4 is 0 Å². The summed E-state index contributed by atoms with van der Waals surface area (Å²) in [5.74, 6) is 1.46. The first-order valence-electron chi connectivity index (χ1n) is 8.07. The molecule has 1 aromatic rings. The number of ether oxygens (including phenoxy) is 1. The Kier molecular flexibility index (Phi) is 8.54. The van der Waals surface area contributed by atoms with Crippen LogP contribution < -0.4 is 4.74 Å². The Bertz CT molecular complexity index is 433. The van der Waals surface area contributed by atoms with Crippen molar-refractivity contribution in [1.82, 2.24) is 0 Å². The number of rotatable bonds is 5. The molecule has 116 valence electrons. The smallest absolute Gasteiger partial charge is 0.119 e. The number of aliphatic hydroxyl groups is 1. The van der Waals surface area contributed by atoms with Gasteiger partial charge >= 0.3 is 0 Å². The van der Waals surface area contributed by atoms with Crippen LogP contribution in [-0.2, 0) is 0 Å². The van der Waals surface area contributed by atoms with Crippen LogP contribution in [0.3, 0.4) is 0 Å². The average Bonchev–Trinajstić information content (AvgIpc) is 2.56. The molecule has 0 aliphatic heterocycles. The third-order valence-electron chi connectivity index (χ3n) is 3.74. The maximum atomic E-state index is 9.78. The molecular weight excluding hydrogens is 262 g/mol. The van der Waals surface area contributed by atoms with Gasteiger partial charge in [-0.1, -0.05) is 45.2 Å². The first kappa shape index (κ1) is 17.5. The molecule has 0 radical (unpaired) electrons. The molecule has 1 aromatic carbocycles. The van der Waals surface area contributed by atoms with E-state index in [1.54, 1.807) is 0 Å². The summed E-state index contributed by atoms with van der Waals surface area (Å²) in [6.07, 6.45) is 5.90. The molecule has 1 unspecified atom stereocenters. The van der Waals surface area contributed by atoms with Gasteiger partial charge in [0.15, 0.2) is 0 Å². The largest absolute Gasteiger partial charge is 0.493 e. The minimum atomic E-state index is -0.719. The summed E-state index contributed by atoms with van der Waals surface area (Å²) in [5, 5.41) is 18.4. The minimum absolute atomic E-state index is 0.117. The summed E-state index contributed by atoms with van der Waals surface area (Å²) in [4.78, 5) is 0. The fraction of sp³-hybridized carbons (Fsp3) is 0.611. The van der Waals surface area contributed by atoms with Crippen molar-refractivity contribution in [2.24, 2.45) is 5.92 Å². The molecule has 2 rings (SSSR count). The third-order valence-corrected chi connectivity index (χ3v) is 3.74. The van der Waals surface area contributed by atoms with Crippen molar-refractivity contribution in [2.45, 2.75) is 58.5 Å².